The Morgan fingerprint density at radius 2 is 1.96 bits per heavy atom. The second-order valence-electron chi connectivity index (χ2n) is 7.46. The van der Waals surface area contributed by atoms with Crippen LogP contribution in [0, 0.1) is 12.8 Å². The molecule has 0 spiro atoms. The van der Waals surface area contributed by atoms with E-state index in [4.69, 9.17) is 4.74 Å². The van der Waals surface area contributed by atoms with Gasteiger partial charge in [0, 0.05) is 18.9 Å². The molecule has 2 aliphatic rings. The Hall–Kier alpha value is -2.73. The number of hydrogen-bond acceptors (Lipinski definition) is 4. The zero-order valence-electron chi connectivity index (χ0n) is 15.3. The minimum absolute atomic E-state index is 0.00267. The van der Waals surface area contributed by atoms with E-state index < -0.39 is 0 Å². The molecule has 1 aliphatic heterocycles. The SMILES string of the molecule is Cc1nc2ncccn2c1C(=O)N1C[C@@H](c2ccccc2)O[C@@H](C2CC2)C1. The Bertz CT molecular complexity index is 980. The zero-order chi connectivity index (χ0) is 18.4. The Balaban J connectivity index is 1.48. The number of hydrogen-bond donors (Lipinski definition) is 0. The summed E-state index contributed by atoms with van der Waals surface area (Å²) in [6.45, 7) is 3.06. The average Bonchev–Trinajstić information content (AvgIpc) is 3.50. The van der Waals surface area contributed by atoms with Gasteiger partial charge in [-0.2, -0.15) is 0 Å². The van der Waals surface area contributed by atoms with Crippen molar-refractivity contribution >= 4 is 11.7 Å². The fraction of sp³-hybridized carbons (Fsp3) is 0.381. The Labute approximate surface area is 157 Å². The van der Waals surface area contributed by atoms with Crippen molar-refractivity contribution in [3.05, 3.63) is 65.7 Å². The van der Waals surface area contributed by atoms with Gasteiger partial charge in [0.2, 0.25) is 5.78 Å². The maximum atomic E-state index is 13.4. The lowest BCUT2D eigenvalue weighted by Crippen LogP contribution is -2.48. The Morgan fingerprint density at radius 3 is 2.74 bits per heavy atom. The molecule has 3 aromatic rings. The van der Waals surface area contributed by atoms with E-state index in [1.165, 1.54) is 12.8 Å². The number of carbonyl (C=O) groups is 1. The van der Waals surface area contributed by atoms with E-state index in [9.17, 15) is 4.79 Å². The van der Waals surface area contributed by atoms with E-state index in [1.54, 1.807) is 10.6 Å². The lowest BCUT2D eigenvalue weighted by molar-refractivity contribution is -0.0865. The van der Waals surface area contributed by atoms with Crippen LogP contribution in [0.5, 0.6) is 0 Å². The fourth-order valence-electron chi connectivity index (χ4n) is 3.94. The summed E-state index contributed by atoms with van der Waals surface area (Å²) in [5, 5.41) is 0. The van der Waals surface area contributed by atoms with Crippen molar-refractivity contribution in [2.24, 2.45) is 5.92 Å². The Kier molecular flexibility index (Phi) is 3.93. The van der Waals surface area contributed by atoms with E-state index in [0.717, 1.165) is 5.56 Å². The number of imidazole rings is 1. The molecule has 0 bridgehead atoms. The van der Waals surface area contributed by atoms with Gasteiger partial charge in [0.15, 0.2) is 0 Å². The van der Waals surface area contributed by atoms with E-state index >= 15 is 0 Å². The van der Waals surface area contributed by atoms with Crippen molar-refractivity contribution in [1.29, 1.82) is 0 Å². The van der Waals surface area contributed by atoms with Crippen molar-refractivity contribution in [3.8, 4) is 0 Å². The summed E-state index contributed by atoms with van der Waals surface area (Å²) >= 11 is 0. The molecule has 2 atom stereocenters. The van der Waals surface area contributed by atoms with Crippen molar-refractivity contribution in [3.63, 3.8) is 0 Å². The molecule has 5 rings (SSSR count). The molecular formula is C21H22N4O2. The number of morpholine rings is 1. The van der Waals surface area contributed by atoms with E-state index in [-0.39, 0.29) is 18.1 Å². The number of carbonyl (C=O) groups excluding carboxylic acids is 1. The number of fused-ring (bicyclic) bond motifs is 1. The number of amides is 1. The van der Waals surface area contributed by atoms with Crippen molar-refractivity contribution in [1.82, 2.24) is 19.3 Å². The second-order valence-corrected chi connectivity index (χ2v) is 7.46. The zero-order valence-corrected chi connectivity index (χ0v) is 15.3. The number of aryl methyl sites for hydroxylation is 1. The molecule has 1 amide bonds. The molecule has 1 saturated heterocycles. The van der Waals surface area contributed by atoms with Crippen LogP contribution < -0.4 is 0 Å². The highest BCUT2D eigenvalue weighted by Crippen LogP contribution is 2.39. The quantitative estimate of drug-likeness (QED) is 0.719. The van der Waals surface area contributed by atoms with Crippen molar-refractivity contribution in [2.45, 2.75) is 32.0 Å². The standard InChI is InChI=1S/C21H22N4O2/c1-14-19(25-11-5-10-22-21(25)23-14)20(26)24-12-17(15-6-3-2-4-7-15)27-18(13-24)16-8-9-16/h2-7,10-11,16-18H,8-9,12-13H2,1H3/t17-,18+/m0/s1. The molecule has 1 aromatic carbocycles. The first-order chi connectivity index (χ1) is 13.2. The number of rotatable bonds is 3. The van der Waals surface area contributed by atoms with Crippen molar-refractivity contribution in [2.75, 3.05) is 13.1 Å². The minimum Gasteiger partial charge on any atom is -0.366 e. The van der Waals surface area contributed by atoms with Gasteiger partial charge in [0.05, 0.1) is 18.3 Å². The maximum absolute atomic E-state index is 13.4. The molecule has 6 heteroatoms. The Morgan fingerprint density at radius 1 is 1.15 bits per heavy atom. The molecule has 2 aromatic heterocycles. The van der Waals surface area contributed by atoms with Crippen LogP contribution in [0.3, 0.4) is 0 Å². The minimum atomic E-state index is -0.0906. The lowest BCUT2D eigenvalue weighted by atomic mass is 10.0. The van der Waals surface area contributed by atoms with Crippen LogP contribution in [0.15, 0.2) is 48.8 Å². The molecule has 1 aliphatic carbocycles. The predicted molar refractivity (Wildman–Crippen MR) is 100 cm³/mol. The van der Waals surface area contributed by atoms with Gasteiger partial charge in [-0.25, -0.2) is 9.97 Å². The molecule has 0 radical (unpaired) electrons. The number of aromatic nitrogens is 3. The van der Waals surface area contributed by atoms with Gasteiger partial charge in [-0.1, -0.05) is 30.3 Å². The number of nitrogens with zero attached hydrogens (tertiary/aromatic N) is 4. The fourth-order valence-corrected chi connectivity index (χ4v) is 3.94. The number of benzene rings is 1. The van der Waals surface area contributed by atoms with E-state index in [2.05, 4.69) is 22.1 Å². The van der Waals surface area contributed by atoms with Gasteiger partial charge in [-0.15, -0.1) is 0 Å². The third-order valence-corrected chi connectivity index (χ3v) is 5.51. The van der Waals surface area contributed by atoms with Crippen LogP contribution in [-0.4, -0.2) is 44.4 Å². The summed E-state index contributed by atoms with van der Waals surface area (Å²) in [5.74, 6) is 1.13. The normalized spacial score (nSPS) is 22.9. The number of ether oxygens (including phenoxy) is 1. The average molecular weight is 362 g/mol. The highest BCUT2D eigenvalue weighted by atomic mass is 16.5. The van der Waals surface area contributed by atoms with E-state index in [0.29, 0.717) is 36.2 Å². The summed E-state index contributed by atoms with van der Waals surface area (Å²) in [6.07, 6.45) is 5.93. The van der Waals surface area contributed by atoms with Gasteiger partial charge in [0.25, 0.3) is 5.91 Å². The third kappa shape index (κ3) is 3.00. The van der Waals surface area contributed by atoms with Gasteiger partial charge in [0.1, 0.15) is 11.8 Å². The molecule has 0 N–H and O–H groups in total. The molecule has 6 nitrogen and oxygen atoms in total. The third-order valence-electron chi connectivity index (χ3n) is 5.51. The molecule has 0 unspecified atom stereocenters. The van der Waals surface area contributed by atoms with Gasteiger partial charge in [-0.3, -0.25) is 9.20 Å². The first kappa shape index (κ1) is 16.4. The van der Waals surface area contributed by atoms with Crippen LogP contribution in [-0.2, 0) is 4.74 Å². The molecule has 2 fully saturated rings. The van der Waals surface area contributed by atoms with Crippen LogP contribution in [0.4, 0.5) is 0 Å². The highest BCUT2D eigenvalue weighted by molar-refractivity contribution is 5.94. The first-order valence-electron chi connectivity index (χ1n) is 9.50. The topological polar surface area (TPSA) is 59.7 Å². The van der Waals surface area contributed by atoms with Crippen LogP contribution >= 0.6 is 0 Å². The monoisotopic (exact) mass is 362 g/mol. The van der Waals surface area contributed by atoms with Gasteiger partial charge >= 0.3 is 0 Å². The predicted octanol–water partition coefficient (Wildman–Crippen LogP) is 3.03. The van der Waals surface area contributed by atoms with Crippen LogP contribution in [0.25, 0.3) is 5.78 Å². The molecule has 1 saturated carbocycles. The summed E-state index contributed by atoms with van der Waals surface area (Å²) in [7, 11) is 0. The summed E-state index contributed by atoms with van der Waals surface area (Å²) < 4.78 is 8.17. The van der Waals surface area contributed by atoms with Crippen LogP contribution in [0.2, 0.25) is 0 Å². The molecule has 3 heterocycles. The lowest BCUT2D eigenvalue weighted by Gasteiger charge is -2.38. The molecular weight excluding hydrogens is 340 g/mol. The van der Waals surface area contributed by atoms with Crippen molar-refractivity contribution < 1.29 is 9.53 Å². The van der Waals surface area contributed by atoms with E-state index in [1.807, 2.05) is 42.3 Å². The molecule has 27 heavy (non-hydrogen) atoms. The first-order valence-corrected chi connectivity index (χ1v) is 9.50. The summed E-state index contributed by atoms with van der Waals surface area (Å²) in [6, 6.07) is 12.0. The highest BCUT2D eigenvalue weighted by Gasteiger charge is 2.41. The second kappa shape index (κ2) is 6.46. The maximum Gasteiger partial charge on any atom is 0.273 e. The smallest absolute Gasteiger partial charge is 0.273 e. The van der Waals surface area contributed by atoms with Gasteiger partial charge < -0.3 is 9.64 Å². The molecule has 138 valence electrons. The largest absolute Gasteiger partial charge is 0.366 e. The van der Waals surface area contributed by atoms with Crippen LogP contribution in [0.1, 0.15) is 40.7 Å². The van der Waals surface area contributed by atoms with Gasteiger partial charge in [-0.05, 0) is 37.3 Å². The summed E-state index contributed by atoms with van der Waals surface area (Å²) in [5.41, 5.74) is 2.43. The summed E-state index contributed by atoms with van der Waals surface area (Å²) in [4.78, 5) is 24.1.